The second-order valence-electron chi connectivity index (χ2n) is 9.78. The normalized spacial score (nSPS) is 17.0. The molecule has 0 amide bonds. The molecule has 3 heteroatoms. The minimum Gasteiger partial charge on any atom is -0.256 e. The quantitative estimate of drug-likeness (QED) is 0.255. The number of fused-ring (bicyclic) bond motifs is 3. The lowest BCUT2D eigenvalue weighted by Gasteiger charge is -2.32. The number of hydrogen-bond donors (Lipinski definition) is 0. The van der Waals surface area contributed by atoms with E-state index in [0.29, 0.717) is 16.0 Å². The fourth-order valence-electron chi connectivity index (χ4n) is 5.43. The van der Waals surface area contributed by atoms with Crippen molar-refractivity contribution in [2.75, 3.05) is 0 Å². The minimum atomic E-state index is -0.484. The molecule has 1 aliphatic rings. The Kier molecular flexibility index (Phi) is 4.05. The molecule has 0 radical (unpaired) electrons. The SMILES string of the molecule is [2H]c1c([2H])c([2H])c(-c2cc(F)c3c(c2)sc2ccc(-c4cc(C(C)(C)C5CCCC5)ccn4)cc23)c([2H])c1[2H]. The first-order valence-corrected chi connectivity index (χ1v) is 12.6. The van der Waals surface area contributed by atoms with Gasteiger partial charge in [-0.2, -0.15) is 0 Å². The van der Waals surface area contributed by atoms with Gasteiger partial charge in [-0.05, 0) is 77.3 Å². The lowest BCUT2D eigenvalue weighted by molar-refractivity contribution is 0.325. The van der Waals surface area contributed by atoms with Crippen LogP contribution in [0.15, 0.2) is 78.9 Å². The number of aromatic nitrogens is 1. The molecule has 6 rings (SSSR count). The first-order chi connectivity index (χ1) is 18.6. The zero-order valence-electron chi connectivity index (χ0n) is 24.3. The van der Waals surface area contributed by atoms with Crippen LogP contribution in [0.1, 0.15) is 51.9 Å². The van der Waals surface area contributed by atoms with Crippen LogP contribution in [-0.2, 0) is 5.41 Å². The molecule has 0 spiro atoms. The summed E-state index contributed by atoms with van der Waals surface area (Å²) in [5.74, 6) is 0.171. The van der Waals surface area contributed by atoms with Crippen molar-refractivity contribution in [2.45, 2.75) is 44.9 Å². The summed E-state index contributed by atoms with van der Waals surface area (Å²) in [7, 11) is 0. The van der Waals surface area contributed by atoms with E-state index in [1.807, 2.05) is 24.4 Å². The summed E-state index contributed by atoms with van der Waals surface area (Å²) < 4.78 is 57.7. The van der Waals surface area contributed by atoms with E-state index in [1.165, 1.54) is 48.6 Å². The van der Waals surface area contributed by atoms with Crippen LogP contribution < -0.4 is 0 Å². The predicted octanol–water partition coefficient (Wildman–Crippen LogP) is 9.39. The largest absolute Gasteiger partial charge is 0.256 e. The number of rotatable bonds is 4. The zero-order chi connectivity index (χ0) is 27.6. The van der Waals surface area contributed by atoms with E-state index >= 15 is 4.39 Å². The third-order valence-electron chi connectivity index (χ3n) is 7.49. The highest BCUT2D eigenvalue weighted by atomic mass is 32.1. The van der Waals surface area contributed by atoms with E-state index < -0.39 is 23.9 Å². The molecule has 0 unspecified atom stereocenters. The Morgan fingerprint density at radius 3 is 2.50 bits per heavy atom. The molecular weight excluding hydrogens is 437 g/mol. The minimum absolute atomic E-state index is 0.00541. The molecule has 1 aliphatic carbocycles. The van der Waals surface area contributed by atoms with Crippen molar-refractivity contribution < 1.29 is 11.2 Å². The highest BCUT2D eigenvalue weighted by Gasteiger charge is 2.33. The van der Waals surface area contributed by atoms with Gasteiger partial charge in [0.15, 0.2) is 0 Å². The number of halogens is 1. The Morgan fingerprint density at radius 2 is 1.71 bits per heavy atom. The molecule has 1 nitrogen and oxygen atoms in total. The highest BCUT2D eigenvalue weighted by Crippen LogP contribution is 2.43. The van der Waals surface area contributed by atoms with Gasteiger partial charge in [-0.1, -0.05) is 63.0 Å². The average molecular weight is 471 g/mol. The van der Waals surface area contributed by atoms with Crippen molar-refractivity contribution in [3.63, 3.8) is 0 Å². The van der Waals surface area contributed by atoms with Crippen molar-refractivity contribution in [2.24, 2.45) is 5.92 Å². The molecule has 0 saturated heterocycles. The van der Waals surface area contributed by atoms with Crippen LogP contribution in [-0.4, -0.2) is 4.98 Å². The van der Waals surface area contributed by atoms with Crippen LogP contribution in [0.2, 0.25) is 0 Å². The smallest absolute Gasteiger partial charge is 0.133 e. The molecular formula is C31H28FNS. The molecule has 0 bridgehead atoms. The molecule has 2 aromatic heterocycles. The van der Waals surface area contributed by atoms with Gasteiger partial charge in [0.25, 0.3) is 0 Å². The highest BCUT2D eigenvalue weighted by molar-refractivity contribution is 7.25. The van der Waals surface area contributed by atoms with Crippen LogP contribution in [0.3, 0.4) is 0 Å². The van der Waals surface area contributed by atoms with Crippen molar-refractivity contribution in [1.82, 2.24) is 4.98 Å². The lowest BCUT2D eigenvalue weighted by atomic mass is 9.72. The van der Waals surface area contributed by atoms with Crippen molar-refractivity contribution >= 4 is 31.5 Å². The Balaban J connectivity index is 1.46. The number of pyridine rings is 1. The maximum atomic E-state index is 15.7. The Morgan fingerprint density at radius 1 is 0.912 bits per heavy atom. The van der Waals surface area contributed by atoms with Crippen LogP contribution >= 0.6 is 11.3 Å². The van der Waals surface area contributed by atoms with E-state index in [-0.39, 0.29) is 28.6 Å². The molecule has 1 fully saturated rings. The van der Waals surface area contributed by atoms with Gasteiger partial charge in [0.2, 0.25) is 0 Å². The fourth-order valence-corrected chi connectivity index (χ4v) is 6.57. The van der Waals surface area contributed by atoms with Crippen molar-refractivity contribution in [1.29, 1.82) is 0 Å². The summed E-state index contributed by atoms with van der Waals surface area (Å²) in [6.07, 6.45) is 6.95. The molecule has 0 N–H and O–H groups in total. The third-order valence-corrected chi connectivity index (χ3v) is 8.60. The van der Waals surface area contributed by atoms with E-state index in [0.717, 1.165) is 21.3 Å². The topological polar surface area (TPSA) is 12.9 Å². The van der Waals surface area contributed by atoms with Crippen LogP contribution in [0.4, 0.5) is 4.39 Å². The monoisotopic (exact) mass is 470 g/mol. The van der Waals surface area contributed by atoms with E-state index in [9.17, 15) is 0 Å². The van der Waals surface area contributed by atoms with Gasteiger partial charge in [-0.15, -0.1) is 11.3 Å². The fraction of sp³-hybridized carbons (Fsp3) is 0.258. The van der Waals surface area contributed by atoms with E-state index in [4.69, 9.17) is 6.85 Å². The lowest BCUT2D eigenvalue weighted by Crippen LogP contribution is -2.26. The number of thiophene rings is 1. The molecule has 3 aromatic carbocycles. The maximum Gasteiger partial charge on any atom is 0.133 e. The molecule has 2 heterocycles. The number of nitrogens with zero attached hydrogens (tertiary/aromatic N) is 1. The number of hydrogen-bond acceptors (Lipinski definition) is 2. The van der Waals surface area contributed by atoms with Crippen molar-refractivity contribution in [3.05, 3.63) is 90.3 Å². The van der Waals surface area contributed by atoms with Crippen LogP contribution in [0.25, 0.3) is 42.6 Å². The standard InChI is InChI=1S/C31H28FNS/c1-31(2,23-10-6-7-11-23)24-14-15-33-27(19-24)21-12-13-28-25(16-21)30-26(32)17-22(18-29(30)34-28)20-8-4-3-5-9-20/h3-5,8-9,12-19,23H,6-7,10-11H2,1-2H3/i3D,4D,5D,8D,9D. The summed E-state index contributed by atoms with van der Waals surface area (Å²) in [6, 6.07) is 11.3. The molecule has 34 heavy (non-hydrogen) atoms. The van der Waals surface area contributed by atoms with Gasteiger partial charge in [0.1, 0.15) is 5.82 Å². The second-order valence-corrected chi connectivity index (χ2v) is 10.9. The van der Waals surface area contributed by atoms with E-state index in [1.54, 1.807) is 6.07 Å². The average Bonchev–Trinajstić information content (AvgIpc) is 3.60. The first kappa shape index (κ1) is 16.6. The predicted molar refractivity (Wildman–Crippen MR) is 143 cm³/mol. The Bertz CT molecular complexity index is 1740. The van der Waals surface area contributed by atoms with Crippen LogP contribution in [0.5, 0.6) is 0 Å². The summed E-state index contributed by atoms with van der Waals surface area (Å²) >= 11 is 1.42. The van der Waals surface area contributed by atoms with Gasteiger partial charge in [-0.25, -0.2) is 4.39 Å². The second kappa shape index (κ2) is 8.32. The van der Waals surface area contributed by atoms with Gasteiger partial charge in [0.05, 0.1) is 12.5 Å². The third kappa shape index (κ3) is 3.63. The van der Waals surface area contributed by atoms with E-state index in [2.05, 4.69) is 31.0 Å². The van der Waals surface area contributed by atoms with Gasteiger partial charge < -0.3 is 0 Å². The first-order valence-electron chi connectivity index (χ1n) is 14.3. The van der Waals surface area contributed by atoms with Crippen molar-refractivity contribution in [3.8, 4) is 22.4 Å². The number of benzene rings is 3. The van der Waals surface area contributed by atoms with Gasteiger partial charge in [-0.3, -0.25) is 4.98 Å². The molecule has 0 aliphatic heterocycles. The molecule has 0 atom stereocenters. The van der Waals surface area contributed by atoms with Gasteiger partial charge in [0, 0.05) is 31.9 Å². The molecule has 170 valence electrons. The molecule has 5 aromatic rings. The Labute approximate surface area is 211 Å². The Hall–Kier alpha value is -3.04. The summed E-state index contributed by atoms with van der Waals surface area (Å²) in [4.78, 5) is 4.66. The summed E-state index contributed by atoms with van der Waals surface area (Å²) in [5, 5.41) is 1.25. The van der Waals surface area contributed by atoms with Gasteiger partial charge >= 0.3 is 0 Å². The van der Waals surface area contributed by atoms with Crippen LogP contribution in [0, 0.1) is 11.7 Å². The summed E-state index contributed by atoms with van der Waals surface area (Å²) in [6.45, 7) is 4.64. The summed E-state index contributed by atoms with van der Waals surface area (Å²) in [5.41, 5.74) is 3.37. The zero-order valence-corrected chi connectivity index (χ0v) is 20.1. The maximum absolute atomic E-state index is 15.7. The molecule has 1 saturated carbocycles.